The second-order valence-corrected chi connectivity index (χ2v) is 8.25. The Bertz CT molecular complexity index is 652. The van der Waals surface area contributed by atoms with Gasteiger partial charge in [0.05, 0.1) is 3.79 Å². The van der Waals surface area contributed by atoms with E-state index in [2.05, 4.69) is 35.9 Å². The molecule has 0 saturated heterocycles. The van der Waals surface area contributed by atoms with Gasteiger partial charge in [0.15, 0.2) is 0 Å². The number of aromatic nitrogens is 2. The molecule has 0 fully saturated rings. The molecule has 9 heteroatoms. The van der Waals surface area contributed by atoms with Crippen LogP contribution in [0, 0.1) is 0 Å². The van der Waals surface area contributed by atoms with Gasteiger partial charge in [-0.1, -0.05) is 0 Å². The van der Waals surface area contributed by atoms with Crippen LogP contribution in [-0.2, 0) is 23.0 Å². The molecule has 6 nitrogen and oxygen atoms in total. The summed E-state index contributed by atoms with van der Waals surface area (Å²) in [4.78, 5) is 8.23. The van der Waals surface area contributed by atoms with Gasteiger partial charge in [0.25, 0.3) is 0 Å². The summed E-state index contributed by atoms with van der Waals surface area (Å²) in [5.41, 5.74) is 0. The molecule has 2 aromatic rings. The number of thiophene rings is 1. The van der Waals surface area contributed by atoms with Crippen molar-refractivity contribution in [3.05, 3.63) is 32.9 Å². The third-order valence-electron chi connectivity index (χ3n) is 2.56. The van der Waals surface area contributed by atoms with Gasteiger partial charge in [0.2, 0.25) is 10.0 Å². The zero-order valence-electron chi connectivity index (χ0n) is 10.8. The van der Waals surface area contributed by atoms with Gasteiger partial charge in [0.1, 0.15) is 10.7 Å². The van der Waals surface area contributed by atoms with Crippen LogP contribution in [0.5, 0.6) is 0 Å². The lowest BCUT2D eigenvalue weighted by Crippen LogP contribution is -2.26. The molecule has 2 heterocycles. The van der Waals surface area contributed by atoms with Crippen molar-refractivity contribution in [1.82, 2.24) is 20.0 Å². The van der Waals surface area contributed by atoms with E-state index >= 15 is 0 Å². The number of nitrogens with one attached hydrogen (secondary N) is 3. The lowest BCUT2D eigenvalue weighted by Gasteiger charge is -2.04. The van der Waals surface area contributed by atoms with Gasteiger partial charge in [-0.05, 0) is 29.0 Å². The maximum atomic E-state index is 12.2. The predicted octanol–water partition coefficient (Wildman–Crippen LogP) is 1.47. The Morgan fingerprint density at radius 2 is 2.30 bits per heavy atom. The van der Waals surface area contributed by atoms with Crippen molar-refractivity contribution in [2.75, 3.05) is 13.6 Å². The van der Waals surface area contributed by atoms with Gasteiger partial charge in [-0.2, -0.15) is 0 Å². The molecule has 0 atom stereocenters. The van der Waals surface area contributed by atoms with Crippen LogP contribution in [0.15, 0.2) is 27.1 Å². The Labute approximate surface area is 130 Å². The Kier molecular flexibility index (Phi) is 5.33. The Morgan fingerprint density at radius 3 is 2.95 bits per heavy atom. The first-order valence-electron chi connectivity index (χ1n) is 5.93. The maximum absolute atomic E-state index is 12.2. The fraction of sp³-hybridized carbons (Fsp3) is 0.364. The number of H-pyrrole nitrogens is 1. The van der Waals surface area contributed by atoms with Crippen LogP contribution in [0.25, 0.3) is 0 Å². The number of hydrogen-bond acceptors (Lipinski definition) is 5. The first-order chi connectivity index (χ1) is 9.53. The molecule has 2 aromatic heterocycles. The van der Waals surface area contributed by atoms with Crippen molar-refractivity contribution < 1.29 is 8.42 Å². The van der Waals surface area contributed by atoms with Gasteiger partial charge in [-0.15, -0.1) is 11.3 Å². The smallest absolute Gasteiger partial charge is 0.242 e. The molecule has 0 bridgehead atoms. The largest absolute Gasteiger partial charge is 0.349 e. The molecule has 0 aromatic carbocycles. The molecule has 2 rings (SSSR count). The number of hydrogen-bond donors (Lipinski definition) is 3. The van der Waals surface area contributed by atoms with Crippen molar-refractivity contribution in [2.24, 2.45) is 0 Å². The van der Waals surface area contributed by atoms with E-state index in [0.29, 0.717) is 23.3 Å². The fourth-order valence-corrected chi connectivity index (χ4v) is 5.38. The molecule has 3 N–H and O–H groups in total. The monoisotopic (exact) mass is 378 g/mol. The first-order valence-corrected chi connectivity index (χ1v) is 9.03. The summed E-state index contributed by atoms with van der Waals surface area (Å²) in [6, 6.07) is 1.68. The van der Waals surface area contributed by atoms with Gasteiger partial charge >= 0.3 is 0 Å². The molecule has 0 saturated carbocycles. The highest BCUT2D eigenvalue weighted by Crippen LogP contribution is 2.31. The minimum atomic E-state index is -3.50. The lowest BCUT2D eigenvalue weighted by molar-refractivity contribution is 0.581. The molecule has 0 aliphatic rings. The van der Waals surface area contributed by atoms with E-state index in [1.54, 1.807) is 18.5 Å². The average Bonchev–Trinajstić information content (AvgIpc) is 2.99. The highest BCUT2D eigenvalue weighted by atomic mass is 79.9. The Hall–Kier alpha value is -0.740. The van der Waals surface area contributed by atoms with Gasteiger partial charge in [-0.25, -0.2) is 18.1 Å². The fourth-order valence-electron chi connectivity index (χ4n) is 1.66. The quantitative estimate of drug-likeness (QED) is 0.680. The molecule has 20 heavy (non-hydrogen) atoms. The van der Waals surface area contributed by atoms with Crippen LogP contribution < -0.4 is 10.0 Å². The zero-order valence-corrected chi connectivity index (χ0v) is 14.0. The molecule has 0 spiro atoms. The van der Waals surface area contributed by atoms with Crippen LogP contribution in [0.3, 0.4) is 0 Å². The number of imidazole rings is 1. The van der Waals surface area contributed by atoms with Gasteiger partial charge in [0, 0.05) is 36.8 Å². The van der Waals surface area contributed by atoms with E-state index in [1.165, 1.54) is 11.3 Å². The van der Waals surface area contributed by atoms with E-state index in [4.69, 9.17) is 0 Å². The third-order valence-corrected chi connectivity index (χ3v) is 6.27. The second kappa shape index (κ2) is 6.81. The second-order valence-electron chi connectivity index (χ2n) is 4.06. The van der Waals surface area contributed by atoms with Crippen molar-refractivity contribution in [3.63, 3.8) is 0 Å². The SMILES string of the molecule is CNCc1cc(S(=O)(=O)NCCc2ncc[nH]2)c(Br)s1. The van der Waals surface area contributed by atoms with E-state index < -0.39 is 10.0 Å². The molecule has 0 unspecified atom stereocenters. The minimum absolute atomic E-state index is 0.284. The van der Waals surface area contributed by atoms with E-state index in [1.807, 2.05) is 7.05 Å². The number of aromatic amines is 1. The summed E-state index contributed by atoms with van der Waals surface area (Å²) >= 11 is 4.72. The van der Waals surface area contributed by atoms with E-state index in [9.17, 15) is 8.42 Å². The number of rotatable bonds is 7. The summed E-state index contributed by atoms with van der Waals surface area (Å²) in [6.45, 7) is 0.949. The zero-order chi connectivity index (χ0) is 14.6. The van der Waals surface area contributed by atoms with Crippen LogP contribution >= 0.6 is 27.3 Å². The molecule has 0 amide bonds. The summed E-state index contributed by atoms with van der Waals surface area (Å²) in [5.74, 6) is 0.757. The standard InChI is InChI=1S/C11H15BrN4O2S2/c1-13-7-8-6-9(11(12)19-8)20(17,18)16-3-2-10-14-4-5-15-10/h4-6,13,16H,2-3,7H2,1H3,(H,14,15). The number of nitrogens with zero attached hydrogens (tertiary/aromatic N) is 1. The average molecular weight is 379 g/mol. The van der Waals surface area contributed by atoms with Crippen LogP contribution in [0.4, 0.5) is 0 Å². The van der Waals surface area contributed by atoms with Crippen molar-refractivity contribution in [3.8, 4) is 0 Å². The third kappa shape index (κ3) is 3.89. The lowest BCUT2D eigenvalue weighted by atomic mass is 10.4. The van der Waals surface area contributed by atoms with Crippen molar-refractivity contribution in [2.45, 2.75) is 17.9 Å². The van der Waals surface area contributed by atoms with Crippen molar-refractivity contribution in [1.29, 1.82) is 0 Å². The summed E-state index contributed by atoms with van der Waals surface area (Å²) in [7, 11) is -1.67. The highest BCUT2D eigenvalue weighted by molar-refractivity contribution is 9.11. The maximum Gasteiger partial charge on any atom is 0.242 e. The molecule has 0 aliphatic carbocycles. The number of halogens is 1. The predicted molar refractivity (Wildman–Crippen MR) is 82.3 cm³/mol. The molecule has 0 aliphatic heterocycles. The van der Waals surface area contributed by atoms with Crippen LogP contribution in [-0.4, -0.2) is 32.0 Å². The Morgan fingerprint density at radius 1 is 1.50 bits per heavy atom. The van der Waals surface area contributed by atoms with Crippen molar-refractivity contribution >= 4 is 37.3 Å². The molecule has 0 radical (unpaired) electrons. The normalized spacial score (nSPS) is 11.9. The molecular weight excluding hydrogens is 364 g/mol. The van der Waals surface area contributed by atoms with Crippen LogP contribution in [0.1, 0.15) is 10.7 Å². The first kappa shape index (κ1) is 15.6. The number of sulfonamides is 1. The highest BCUT2D eigenvalue weighted by Gasteiger charge is 2.20. The molecular formula is C11H15BrN4O2S2. The summed E-state index contributed by atoms with van der Waals surface area (Å²) < 4.78 is 27.6. The summed E-state index contributed by atoms with van der Waals surface area (Å²) in [5, 5.41) is 3.00. The Balaban J connectivity index is 2.02. The van der Waals surface area contributed by atoms with Crippen LogP contribution in [0.2, 0.25) is 0 Å². The minimum Gasteiger partial charge on any atom is -0.349 e. The summed E-state index contributed by atoms with van der Waals surface area (Å²) in [6.07, 6.45) is 3.88. The van der Waals surface area contributed by atoms with Gasteiger partial charge in [-0.3, -0.25) is 0 Å². The topological polar surface area (TPSA) is 86.9 Å². The van der Waals surface area contributed by atoms with E-state index in [0.717, 1.165) is 10.7 Å². The van der Waals surface area contributed by atoms with Gasteiger partial charge < -0.3 is 10.3 Å². The van der Waals surface area contributed by atoms with E-state index in [-0.39, 0.29) is 4.90 Å². The molecule has 110 valence electrons.